The Hall–Kier alpha value is -0.640. The van der Waals surface area contributed by atoms with Crippen molar-refractivity contribution in [2.45, 2.75) is 13.0 Å². The van der Waals surface area contributed by atoms with Gasteiger partial charge in [-0.25, -0.2) is 0 Å². The van der Waals surface area contributed by atoms with E-state index in [1.54, 1.807) is 11.3 Å². The van der Waals surface area contributed by atoms with Crippen LogP contribution in [0.25, 0.3) is 6.08 Å². The van der Waals surface area contributed by atoms with Crippen molar-refractivity contribution in [2.75, 3.05) is 6.61 Å². The summed E-state index contributed by atoms with van der Waals surface area (Å²) in [4.78, 5) is 0.971. The highest BCUT2D eigenvalue weighted by molar-refractivity contribution is 7.10. The van der Waals surface area contributed by atoms with Crippen LogP contribution in [0.3, 0.4) is 0 Å². The Morgan fingerprint density at radius 1 is 1.42 bits per heavy atom. The van der Waals surface area contributed by atoms with E-state index in [9.17, 15) is 0 Å². The Morgan fingerprint density at radius 2 is 2.25 bits per heavy atom. The fourth-order valence-corrected chi connectivity index (χ4v) is 1.57. The lowest BCUT2D eigenvalue weighted by atomic mass is 10.2. The minimum Gasteiger partial charge on any atom is -0.396 e. The van der Waals surface area contributed by atoms with Gasteiger partial charge in [0.2, 0.25) is 0 Å². The summed E-state index contributed by atoms with van der Waals surface area (Å²) in [5, 5.41) is 19.3. The van der Waals surface area contributed by atoms with Gasteiger partial charge in [-0.05, 0) is 23.4 Å². The lowest BCUT2D eigenvalue weighted by Gasteiger charge is -1.84. The standard InChI is InChI=1S/C9H12O2S/c10-4-2-1-3-8-5-9(6-11)12-7-8/h1,3,5,7,10-11H,2,4,6H2. The monoisotopic (exact) mass is 184 g/mol. The highest BCUT2D eigenvalue weighted by atomic mass is 32.1. The molecule has 2 N–H and O–H groups in total. The Balaban J connectivity index is 2.51. The van der Waals surface area contributed by atoms with Gasteiger partial charge in [-0.2, -0.15) is 0 Å². The molecule has 0 radical (unpaired) electrons. The Morgan fingerprint density at radius 3 is 2.83 bits per heavy atom. The average molecular weight is 184 g/mol. The van der Waals surface area contributed by atoms with Gasteiger partial charge < -0.3 is 10.2 Å². The first kappa shape index (κ1) is 9.45. The number of aliphatic hydroxyl groups is 2. The molecule has 1 aromatic rings. The third-order valence-electron chi connectivity index (χ3n) is 1.44. The van der Waals surface area contributed by atoms with Gasteiger partial charge >= 0.3 is 0 Å². The van der Waals surface area contributed by atoms with Gasteiger partial charge in [0.15, 0.2) is 0 Å². The minimum atomic E-state index is 0.110. The average Bonchev–Trinajstić information content (AvgIpc) is 2.53. The fourth-order valence-electron chi connectivity index (χ4n) is 0.862. The molecule has 2 nitrogen and oxygen atoms in total. The van der Waals surface area contributed by atoms with Crippen LogP contribution < -0.4 is 0 Å². The molecule has 0 saturated carbocycles. The largest absolute Gasteiger partial charge is 0.396 e. The molecule has 12 heavy (non-hydrogen) atoms. The van der Waals surface area contributed by atoms with Crippen LogP contribution in [-0.2, 0) is 6.61 Å². The second-order valence-corrected chi connectivity index (χ2v) is 3.41. The van der Waals surface area contributed by atoms with E-state index in [-0.39, 0.29) is 13.2 Å². The van der Waals surface area contributed by atoms with E-state index in [0.717, 1.165) is 10.4 Å². The van der Waals surface area contributed by atoms with E-state index >= 15 is 0 Å². The summed E-state index contributed by atoms with van der Waals surface area (Å²) in [6.07, 6.45) is 4.55. The normalized spacial score (nSPS) is 11.2. The zero-order valence-corrected chi connectivity index (χ0v) is 7.55. The predicted molar refractivity (Wildman–Crippen MR) is 51.0 cm³/mol. The quantitative estimate of drug-likeness (QED) is 0.746. The maximum Gasteiger partial charge on any atom is 0.0774 e. The summed E-state index contributed by atoms with van der Waals surface area (Å²) in [5.41, 5.74) is 1.09. The van der Waals surface area contributed by atoms with Gasteiger partial charge in [0.25, 0.3) is 0 Å². The van der Waals surface area contributed by atoms with Crippen molar-refractivity contribution in [3.63, 3.8) is 0 Å². The number of hydrogen-bond acceptors (Lipinski definition) is 3. The topological polar surface area (TPSA) is 40.5 Å². The van der Waals surface area contributed by atoms with Gasteiger partial charge in [0.05, 0.1) is 6.61 Å². The van der Waals surface area contributed by atoms with Crippen molar-refractivity contribution in [1.29, 1.82) is 0 Å². The number of aliphatic hydroxyl groups excluding tert-OH is 2. The third-order valence-corrected chi connectivity index (χ3v) is 2.38. The zero-order chi connectivity index (χ0) is 8.81. The molecule has 0 unspecified atom stereocenters. The van der Waals surface area contributed by atoms with Gasteiger partial charge in [0, 0.05) is 11.5 Å². The Kier molecular flexibility index (Phi) is 4.00. The molecule has 0 spiro atoms. The van der Waals surface area contributed by atoms with Crippen molar-refractivity contribution in [2.24, 2.45) is 0 Å². The molecular formula is C9H12O2S. The third kappa shape index (κ3) is 2.77. The molecule has 0 aliphatic heterocycles. The van der Waals surface area contributed by atoms with E-state index in [4.69, 9.17) is 10.2 Å². The van der Waals surface area contributed by atoms with Gasteiger partial charge in [-0.3, -0.25) is 0 Å². The maximum atomic E-state index is 8.77. The van der Waals surface area contributed by atoms with Gasteiger partial charge in [-0.1, -0.05) is 12.2 Å². The van der Waals surface area contributed by atoms with Crippen molar-refractivity contribution < 1.29 is 10.2 Å². The van der Waals surface area contributed by atoms with Crippen molar-refractivity contribution in [1.82, 2.24) is 0 Å². The van der Waals surface area contributed by atoms with Gasteiger partial charge in [-0.15, -0.1) is 11.3 Å². The van der Waals surface area contributed by atoms with Crippen LogP contribution in [0, 0.1) is 0 Å². The second-order valence-electron chi connectivity index (χ2n) is 2.42. The summed E-state index contributed by atoms with van der Waals surface area (Å²) < 4.78 is 0. The summed E-state index contributed by atoms with van der Waals surface area (Å²) >= 11 is 1.54. The maximum absolute atomic E-state index is 8.77. The highest BCUT2D eigenvalue weighted by Crippen LogP contribution is 2.15. The summed E-state index contributed by atoms with van der Waals surface area (Å²) in [6.45, 7) is 0.298. The second kappa shape index (κ2) is 5.09. The van der Waals surface area contributed by atoms with Crippen LogP contribution in [0.5, 0.6) is 0 Å². The molecule has 0 bridgehead atoms. The minimum absolute atomic E-state index is 0.110. The van der Waals surface area contributed by atoms with Crippen LogP contribution in [0.1, 0.15) is 16.9 Å². The van der Waals surface area contributed by atoms with Crippen LogP contribution in [-0.4, -0.2) is 16.8 Å². The molecule has 1 rings (SSSR count). The molecule has 0 fully saturated rings. The highest BCUT2D eigenvalue weighted by Gasteiger charge is 1.93. The molecule has 0 amide bonds. The lowest BCUT2D eigenvalue weighted by Crippen LogP contribution is -1.75. The Bertz CT molecular complexity index is 253. The SMILES string of the molecule is OCCC=Cc1csc(CO)c1. The molecule has 0 aliphatic carbocycles. The summed E-state index contributed by atoms with van der Waals surface area (Å²) in [6, 6.07) is 1.94. The smallest absolute Gasteiger partial charge is 0.0774 e. The molecule has 1 heterocycles. The summed E-state index contributed by atoms with van der Waals surface area (Å²) in [7, 11) is 0. The summed E-state index contributed by atoms with van der Waals surface area (Å²) in [5.74, 6) is 0. The molecule has 0 aliphatic rings. The molecule has 0 atom stereocenters. The molecule has 3 heteroatoms. The first-order valence-corrected chi connectivity index (χ1v) is 4.70. The molecule has 0 saturated heterocycles. The Labute approximate surface area is 75.8 Å². The van der Waals surface area contributed by atoms with Crippen molar-refractivity contribution >= 4 is 17.4 Å². The van der Waals surface area contributed by atoms with Crippen molar-refractivity contribution in [3.05, 3.63) is 28.0 Å². The molecular weight excluding hydrogens is 172 g/mol. The van der Waals surface area contributed by atoms with Crippen LogP contribution >= 0.6 is 11.3 Å². The molecule has 66 valence electrons. The van der Waals surface area contributed by atoms with E-state index in [1.165, 1.54) is 0 Å². The first-order valence-electron chi connectivity index (χ1n) is 3.82. The van der Waals surface area contributed by atoms with E-state index < -0.39 is 0 Å². The van der Waals surface area contributed by atoms with Crippen molar-refractivity contribution in [3.8, 4) is 0 Å². The fraction of sp³-hybridized carbons (Fsp3) is 0.333. The van der Waals surface area contributed by atoms with E-state index in [1.807, 2.05) is 23.6 Å². The lowest BCUT2D eigenvalue weighted by molar-refractivity contribution is 0.285. The van der Waals surface area contributed by atoms with Crippen LogP contribution in [0.2, 0.25) is 0 Å². The molecule has 0 aromatic carbocycles. The van der Waals surface area contributed by atoms with Crippen LogP contribution in [0.15, 0.2) is 17.5 Å². The van der Waals surface area contributed by atoms with E-state index in [0.29, 0.717) is 6.42 Å². The number of hydrogen-bond donors (Lipinski definition) is 2. The van der Waals surface area contributed by atoms with Gasteiger partial charge in [0.1, 0.15) is 0 Å². The number of thiophene rings is 1. The number of rotatable bonds is 4. The molecule has 1 aromatic heterocycles. The van der Waals surface area contributed by atoms with Crippen LogP contribution in [0.4, 0.5) is 0 Å². The predicted octanol–water partition coefficient (Wildman–Crippen LogP) is 1.64. The zero-order valence-electron chi connectivity index (χ0n) is 6.73. The van der Waals surface area contributed by atoms with E-state index in [2.05, 4.69) is 0 Å². The first-order chi connectivity index (χ1) is 5.86.